The minimum Gasteiger partial charge on any atom is -0.471 e. The lowest BCUT2D eigenvalue weighted by atomic mass is 9.91. The SMILES string of the molecule is CCC1(C)CCc2cc(C(=O)O/N=C(/N)c3nc(Cl)cs3)cnc2O1. The third-order valence-electron chi connectivity index (χ3n) is 4.10. The van der Waals surface area contributed by atoms with Crippen molar-refractivity contribution in [2.45, 2.75) is 38.7 Å². The number of aryl methyl sites for hydroxylation is 1. The smallest absolute Gasteiger partial charge is 0.367 e. The number of hydrogen-bond acceptors (Lipinski definition) is 7. The molecule has 1 unspecified atom stereocenters. The molecular formula is C16H17ClN4O3S. The van der Waals surface area contributed by atoms with Crippen LogP contribution < -0.4 is 10.5 Å². The zero-order valence-corrected chi connectivity index (χ0v) is 15.4. The number of halogens is 1. The Morgan fingerprint density at radius 2 is 2.40 bits per heavy atom. The van der Waals surface area contributed by atoms with Crippen molar-refractivity contribution >= 4 is 34.7 Å². The predicted molar refractivity (Wildman–Crippen MR) is 95.1 cm³/mol. The summed E-state index contributed by atoms with van der Waals surface area (Å²) in [6, 6.07) is 1.71. The van der Waals surface area contributed by atoms with Crippen molar-refractivity contribution in [3.63, 3.8) is 0 Å². The summed E-state index contributed by atoms with van der Waals surface area (Å²) < 4.78 is 5.93. The zero-order chi connectivity index (χ0) is 18.0. The highest BCUT2D eigenvalue weighted by Gasteiger charge is 2.31. The molecule has 0 aromatic carbocycles. The van der Waals surface area contributed by atoms with E-state index in [4.69, 9.17) is 26.9 Å². The minimum absolute atomic E-state index is 0.0155. The number of pyridine rings is 1. The third-order valence-corrected chi connectivity index (χ3v) is 5.29. The minimum atomic E-state index is -0.648. The van der Waals surface area contributed by atoms with E-state index in [1.54, 1.807) is 11.4 Å². The van der Waals surface area contributed by atoms with E-state index in [1.807, 2.05) is 0 Å². The van der Waals surface area contributed by atoms with Crippen molar-refractivity contribution < 1.29 is 14.4 Å². The number of carbonyl (C=O) groups excluding carboxylic acids is 1. The molecule has 1 aliphatic rings. The van der Waals surface area contributed by atoms with Gasteiger partial charge in [-0.15, -0.1) is 11.3 Å². The molecule has 0 radical (unpaired) electrons. The fourth-order valence-electron chi connectivity index (χ4n) is 2.37. The average molecular weight is 381 g/mol. The first kappa shape index (κ1) is 17.6. The van der Waals surface area contributed by atoms with Crippen LogP contribution in [0.5, 0.6) is 5.88 Å². The van der Waals surface area contributed by atoms with Crippen LogP contribution in [0.25, 0.3) is 0 Å². The van der Waals surface area contributed by atoms with Gasteiger partial charge in [-0.2, -0.15) is 0 Å². The Morgan fingerprint density at radius 3 is 3.08 bits per heavy atom. The van der Waals surface area contributed by atoms with Gasteiger partial charge >= 0.3 is 5.97 Å². The first-order valence-corrected chi connectivity index (χ1v) is 9.00. The van der Waals surface area contributed by atoms with Gasteiger partial charge in [-0.3, -0.25) is 0 Å². The normalized spacial score (nSPS) is 19.9. The summed E-state index contributed by atoms with van der Waals surface area (Å²) in [6.07, 6.45) is 3.96. The lowest BCUT2D eigenvalue weighted by Crippen LogP contribution is -2.36. The van der Waals surface area contributed by atoms with Crippen molar-refractivity contribution in [1.82, 2.24) is 9.97 Å². The second-order valence-corrected chi connectivity index (χ2v) is 7.17. The fourth-order valence-corrected chi connectivity index (χ4v) is 3.21. The summed E-state index contributed by atoms with van der Waals surface area (Å²) in [5.74, 6) is -0.101. The Morgan fingerprint density at radius 1 is 1.60 bits per heavy atom. The van der Waals surface area contributed by atoms with E-state index in [9.17, 15) is 4.79 Å². The molecule has 0 aliphatic carbocycles. The molecule has 0 fully saturated rings. The summed E-state index contributed by atoms with van der Waals surface area (Å²) in [5, 5.41) is 5.91. The number of amidine groups is 1. The molecule has 132 valence electrons. The van der Waals surface area contributed by atoms with Gasteiger partial charge in [0.05, 0.1) is 5.56 Å². The molecular weight excluding hydrogens is 364 g/mol. The van der Waals surface area contributed by atoms with E-state index >= 15 is 0 Å². The van der Waals surface area contributed by atoms with E-state index in [2.05, 4.69) is 29.0 Å². The van der Waals surface area contributed by atoms with Crippen molar-refractivity contribution in [3.05, 3.63) is 38.9 Å². The number of thiazole rings is 1. The third kappa shape index (κ3) is 3.91. The summed E-state index contributed by atoms with van der Waals surface area (Å²) >= 11 is 6.93. The summed E-state index contributed by atoms with van der Waals surface area (Å²) in [5.41, 5.74) is 6.67. The van der Waals surface area contributed by atoms with Crippen LogP contribution in [0.1, 0.15) is 47.6 Å². The molecule has 25 heavy (non-hydrogen) atoms. The van der Waals surface area contributed by atoms with Gasteiger partial charge in [0.2, 0.25) is 5.88 Å². The van der Waals surface area contributed by atoms with Crippen molar-refractivity contribution in [3.8, 4) is 5.88 Å². The average Bonchev–Trinajstić information content (AvgIpc) is 3.05. The standard InChI is InChI=1S/C16H17ClN4O3S/c1-3-16(2)5-4-9-6-10(7-19-13(9)23-16)15(22)24-21-12(18)14-20-11(17)8-25-14/h6-8H,3-5H2,1-2H3,(H2,18,21). The van der Waals surface area contributed by atoms with Crippen molar-refractivity contribution in [1.29, 1.82) is 0 Å². The van der Waals surface area contributed by atoms with Gasteiger partial charge in [-0.1, -0.05) is 23.7 Å². The molecule has 3 rings (SSSR count). The highest BCUT2D eigenvalue weighted by molar-refractivity contribution is 7.12. The largest absolute Gasteiger partial charge is 0.471 e. The summed E-state index contributed by atoms with van der Waals surface area (Å²) in [6.45, 7) is 4.14. The maximum atomic E-state index is 12.1. The van der Waals surface area contributed by atoms with E-state index in [-0.39, 0.29) is 17.0 Å². The highest BCUT2D eigenvalue weighted by atomic mass is 35.5. The number of oxime groups is 1. The van der Waals surface area contributed by atoms with Gasteiger partial charge in [0, 0.05) is 17.1 Å². The van der Waals surface area contributed by atoms with Gasteiger partial charge in [-0.05, 0) is 32.3 Å². The Labute approximate surface area is 153 Å². The van der Waals surface area contributed by atoms with Gasteiger partial charge in [0.25, 0.3) is 0 Å². The van der Waals surface area contributed by atoms with E-state index in [0.29, 0.717) is 16.0 Å². The first-order chi connectivity index (χ1) is 11.9. The second kappa shape index (κ2) is 6.97. The number of carbonyl (C=O) groups is 1. The lowest BCUT2D eigenvalue weighted by molar-refractivity contribution is 0.0505. The van der Waals surface area contributed by atoms with Crippen molar-refractivity contribution in [2.24, 2.45) is 10.9 Å². The Hall–Kier alpha value is -2.19. The Bertz CT molecular complexity index is 839. The molecule has 9 heteroatoms. The van der Waals surface area contributed by atoms with Crippen LogP contribution in [0.15, 0.2) is 22.8 Å². The molecule has 3 heterocycles. The molecule has 2 aromatic heterocycles. The van der Waals surface area contributed by atoms with E-state index in [0.717, 1.165) is 24.8 Å². The van der Waals surface area contributed by atoms with Crippen LogP contribution >= 0.6 is 22.9 Å². The fraction of sp³-hybridized carbons (Fsp3) is 0.375. The van der Waals surface area contributed by atoms with Crippen LogP contribution in [0, 0.1) is 0 Å². The number of ether oxygens (including phenoxy) is 1. The van der Waals surface area contributed by atoms with E-state index in [1.165, 1.54) is 17.5 Å². The van der Waals surface area contributed by atoms with Crippen LogP contribution in [0.2, 0.25) is 5.15 Å². The Kier molecular flexibility index (Phi) is 4.91. The number of fused-ring (bicyclic) bond motifs is 1. The topological polar surface area (TPSA) is 99.7 Å². The first-order valence-electron chi connectivity index (χ1n) is 7.74. The van der Waals surface area contributed by atoms with Crippen LogP contribution in [-0.2, 0) is 11.3 Å². The van der Waals surface area contributed by atoms with Gasteiger partial charge in [0.1, 0.15) is 10.8 Å². The number of nitrogens with zero attached hydrogens (tertiary/aromatic N) is 3. The number of nitrogens with two attached hydrogens (primary N) is 1. The number of hydrogen-bond donors (Lipinski definition) is 1. The molecule has 2 aromatic rings. The second-order valence-electron chi connectivity index (χ2n) is 5.92. The van der Waals surface area contributed by atoms with Gasteiger partial charge in [0.15, 0.2) is 10.8 Å². The maximum Gasteiger partial charge on any atom is 0.367 e. The number of aromatic nitrogens is 2. The molecule has 0 bridgehead atoms. The van der Waals surface area contributed by atoms with Gasteiger partial charge in [-0.25, -0.2) is 14.8 Å². The highest BCUT2D eigenvalue weighted by Crippen LogP contribution is 2.33. The molecule has 7 nitrogen and oxygen atoms in total. The predicted octanol–water partition coefficient (Wildman–Crippen LogP) is 3.16. The molecule has 0 saturated heterocycles. The molecule has 0 spiro atoms. The summed E-state index contributed by atoms with van der Waals surface area (Å²) in [4.78, 5) is 25.2. The Balaban J connectivity index is 1.71. The molecule has 1 atom stereocenters. The van der Waals surface area contributed by atoms with Crippen LogP contribution in [0.4, 0.5) is 0 Å². The molecule has 0 saturated carbocycles. The lowest BCUT2D eigenvalue weighted by Gasteiger charge is -2.34. The maximum absolute atomic E-state index is 12.1. The van der Waals surface area contributed by atoms with E-state index < -0.39 is 5.97 Å². The quantitative estimate of drug-likeness (QED) is 0.378. The molecule has 1 aliphatic heterocycles. The zero-order valence-electron chi connectivity index (χ0n) is 13.8. The van der Waals surface area contributed by atoms with Crippen LogP contribution in [-0.4, -0.2) is 27.4 Å². The summed E-state index contributed by atoms with van der Waals surface area (Å²) in [7, 11) is 0. The number of rotatable bonds is 4. The van der Waals surface area contributed by atoms with Gasteiger partial charge < -0.3 is 15.3 Å². The van der Waals surface area contributed by atoms with Crippen molar-refractivity contribution in [2.75, 3.05) is 0 Å². The molecule has 2 N–H and O–H groups in total. The van der Waals surface area contributed by atoms with Crippen LogP contribution in [0.3, 0.4) is 0 Å². The monoisotopic (exact) mass is 380 g/mol. The molecule has 0 amide bonds.